The molecule has 6 heteroatoms. The van der Waals surface area contributed by atoms with Gasteiger partial charge in [-0.05, 0) is 37.5 Å². The maximum absolute atomic E-state index is 5.89. The summed E-state index contributed by atoms with van der Waals surface area (Å²) in [6.45, 7) is 4.27. The van der Waals surface area contributed by atoms with Crippen LogP contribution in [-0.2, 0) is 11.2 Å². The van der Waals surface area contributed by atoms with Crippen molar-refractivity contribution in [2.75, 3.05) is 37.4 Å². The fraction of sp³-hybridized carbons (Fsp3) is 0.412. The largest absolute Gasteiger partial charge is 0.385 e. The Morgan fingerprint density at radius 2 is 1.70 bits per heavy atom. The molecule has 0 aliphatic heterocycles. The zero-order valence-corrected chi connectivity index (χ0v) is 14.4. The van der Waals surface area contributed by atoms with Crippen LogP contribution in [0.5, 0.6) is 0 Å². The summed E-state index contributed by atoms with van der Waals surface area (Å²) >= 11 is 5.89. The van der Waals surface area contributed by atoms with Crippen molar-refractivity contribution >= 4 is 23.2 Å². The molecule has 0 unspecified atom stereocenters. The van der Waals surface area contributed by atoms with E-state index in [0.717, 1.165) is 55.0 Å². The summed E-state index contributed by atoms with van der Waals surface area (Å²) in [5, 5.41) is 7.39. The van der Waals surface area contributed by atoms with Gasteiger partial charge in [-0.1, -0.05) is 23.7 Å². The first-order valence-electron chi connectivity index (χ1n) is 7.74. The van der Waals surface area contributed by atoms with Gasteiger partial charge < -0.3 is 15.4 Å². The minimum Gasteiger partial charge on any atom is -0.385 e. The highest BCUT2D eigenvalue weighted by Gasteiger charge is 2.02. The van der Waals surface area contributed by atoms with E-state index >= 15 is 0 Å². The number of benzene rings is 1. The number of nitrogens with one attached hydrogen (secondary N) is 2. The quantitative estimate of drug-likeness (QED) is 0.687. The normalized spacial score (nSPS) is 10.6. The minimum atomic E-state index is 0.739. The lowest BCUT2D eigenvalue weighted by Gasteiger charge is -2.10. The molecule has 0 amide bonds. The molecule has 2 N–H and O–H groups in total. The molecule has 0 bridgehead atoms. The summed E-state index contributed by atoms with van der Waals surface area (Å²) in [7, 11) is 1.71. The number of methoxy groups -OCH3 is 1. The Bertz CT molecular complexity index is 604. The zero-order valence-electron chi connectivity index (χ0n) is 13.6. The van der Waals surface area contributed by atoms with Gasteiger partial charge in [0.05, 0.1) is 0 Å². The molecular weight excluding hydrogens is 312 g/mol. The summed E-state index contributed by atoms with van der Waals surface area (Å²) in [4.78, 5) is 8.81. The second-order valence-corrected chi connectivity index (χ2v) is 5.70. The van der Waals surface area contributed by atoms with E-state index in [1.54, 1.807) is 7.11 Å². The van der Waals surface area contributed by atoms with E-state index in [-0.39, 0.29) is 0 Å². The lowest BCUT2D eigenvalue weighted by atomic mass is 10.1. The van der Waals surface area contributed by atoms with Gasteiger partial charge in [0.2, 0.25) is 0 Å². The van der Waals surface area contributed by atoms with Crippen molar-refractivity contribution in [3.63, 3.8) is 0 Å². The highest BCUT2D eigenvalue weighted by Crippen LogP contribution is 2.13. The molecule has 0 fully saturated rings. The number of anilines is 2. The number of rotatable bonds is 9. The summed E-state index contributed by atoms with van der Waals surface area (Å²) in [6.07, 6.45) is 1.86. The molecule has 0 saturated heterocycles. The third kappa shape index (κ3) is 6.42. The molecule has 0 radical (unpaired) electrons. The third-order valence-electron chi connectivity index (χ3n) is 3.30. The van der Waals surface area contributed by atoms with E-state index in [1.807, 2.05) is 37.3 Å². The van der Waals surface area contributed by atoms with E-state index in [2.05, 4.69) is 20.6 Å². The molecule has 0 spiro atoms. The highest BCUT2D eigenvalue weighted by atomic mass is 35.5. The molecular formula is C17H23ClN4O. The highest BCUT2D eigenvalue weighted by molar-refractivity contribution is 6.30. The molecule has 23 heavy (non-hydrogen) atoms. The molecule has 0 saturated carbocycles. The topological polar surface area (TPSA) is 59.1 Å². The Morgan fingerprint density at radius 1 is 1.04 bits per heavy atom. The van der Waals surface area contributed by atoms with Crippen molar-refractivity contribution in [1.82, 2.24) is 9.97 Å². The summed E-state index contributed by atoms with van der Waals surface area (Å²) in [5.41, 5.74) is 1.24. The Balaban J connectivity index is 1.84. The Morgan fingerprint density at radius 3 is 2.35 bits per heavy atom. The van der Waals surface area contributed by atoms with Crippen LogP contribution in [0.1, 0.15) is 17.8 Å². The predicted octanol–water partition coefficient (Wildman–Crippen LogP) is 3.54. The maximum Gasteiger partial charge on any atom is 0.131 e. The number of halogens is 1. The van der Waals surface area contributed by atoms with Crippen molar-refractivity contribution in [2.24, 2.45) is 0 Å². The van der Waals surface area contributed by atoms with Crippen LogP contribution in [0, 0.1) is 6.92 Å². The number of nitrogens with zero attached hydrogens (tertiary/aromatic N) is 2. The second-order valence-electron chi connectivity index (χ2n) is 5.26. The first-order chi connectivity index (χ1) is 11.2. The van der Waals surface area contributed by atoms with Crippen LogP contribution < -0.4 is 10.6 Å². The molecule has 0 aliphatic carbocycles. The smallest absolute Gasteiger partial charge is 0.131 e. The number of ether oxygens (including phenoxy) is 1. The van der Waals surface area contributed by atoms with Crippen LogP contribution in [0.15, 0.2) is 30.3 Å². The molecule has 5 nitrogen and oxygen atoms in total. The van der Waals surface area contributed by atoms with E-state index in [1.165, 1.54) is 5.56 Å². The SMILES string of the molecule is COCCCNc1cc(NCCc2ccc(Cl)cc2)nc(C)n1. The van der Waals surface area contributed by atoms with Crippen molar-refractivity contribution < 1.29 is 4.74 Å². The standard InChI is InChI=1S/C17H23ClN4O/c1-13-21-16(19-9-3-11-23-2)12-17(22-13)20-10-8-14-4-6-15(18)7-5-14/h4-7,12H,3,8-11H2,1-2H3,(H2,19,20,21,22). The van der Waals surface area contributed by atoms with Crippen molar-refractivity contribution in [3.8, 4) is 0 Å². The van der Waals surface area contributed by atoms with E-state index in [0.29, 0.717) is 0 Å². The van der Waals surface area contributed by atoms with Gasteiger partial charge in [-0.15, -0.1) is 0 Å². The van der Waals surface area contributed by atoms with Gasteiger partial charge in [-0.3, -0.25) is 0 Å². The monoisotopic (exact) mass is 334 g/mol. The summed E-state index contributed by atoms with van der Waals surface area (Å²) in [6, 6.07) is 9.83. The molecule has 124 valence electrons. The van der Waals surface area contributed by atoms with E-state index < -0.39 is 0 Å². The van der Waals surface area contributed by atoms with Crippen LogP contribution in [0.4, 0.5) is 11.6 Å². The van der Waals surface area contributed by atoms with Crippen LogP contribution >= 0.6 is 11.6 Å². The van der Waals surface area contributed by atoms with Crippen LogP contribution in [-0.4, -0.2) is 36.8 Å². The average Bonchev–Trinajstić information content (AvgIpc) is 2.53. The fourth-order valence-corrected chi connectivity index (χ4v) is 2.29. The zero-order chi connectivity index (χ0) is 16.5. The van der Waals surface area contributed by atoms with Crippen LogP contribution in [0.25, 0.3) is 0 Å². The van der Waals surface area contributed by atoms with Gasteiger partial charge in [-0.2, -0.15) is 0 Å². The van der Waals surface area contributed by atoms with Crippen LogP contribution in [0.3, 0.4) is 0 Å². The lowest BCUT2D eigenvalue weighted by Crippen LogP contribution is -2.10. The minimum absolute atomic E-state index is 0.739. The third-order valence-corrected chi connectivity index (χ3v) is 3.55. The van der Waals surface area contributed by atoms with Crippen molar-refractivity contribution in [3.05, 3.63) is 46.7 Å². The van der Waals surface area contributed by atoms with Crippen LogP contribution in [0.2, 0.25) is 5.02 Å². The predicted molar refractivity (Wildman–Crippen MR) is 95.4 cm³/mol. The lowest BCUT2D eigenvalue weighted by molar-refractivity contribution is 0.198. The Labute approximate surface area is 142 Å². The fourth-order valence-electron chi connectivity index (χ4n) is 2.17. The Hall–Kier alpha value is -1.85. The summed E-state index contributed by atoms with van der Waals surface area (Å²) in [5.74, 6) is 2.42. The Kier molecular flexibility index (Phi) is 7.10. The van der Waals surface area contributed by atoms with Gasteiger partial charge >= 0.3 is 0 Å². The van der Waals surface area contributed by atoms with E-state index in [4.69, 9.17) is 16.3 Å². The summed E-state index contributed by atoms with van der Waals surface area (Å²) < 4.78 is 5.04. The second kappa shape index (κ2) is 9.33. The molecule has 2 rings (SSSR count). The first kappa shape index (κ1) is 17.5. The number of hydrogen-bond donors (Lipinski definition) is 2. The van der Waals surface area contributed by atoms with E-state index in [9.17, 15) is 0 Å². The van der Waals surface area contributed by atoms with Gasteiger partial charge in [0.1, 0.15) is 17.5 Å². The van der Waals surface area contributed by atoms with Gasteiger partial charge in [0.25, 0.3) is 0 Å². The molecule has 0 atom stereocenters. The van der Waals surface area contributed by atoms with Gasteiger partial charge in [0, 0.05) is 37.9 Å². The first-order valence-corrected chi connectivity index (χ1v) is 8.12. The number of hydrogen-bond acceptors (Lipinski definition) is 5. The molecule has 1 heterocycles. The molecule has 1 aromatic carbocycles. The van der Waals surface area contributed by atoms with Gasteiger partial charge in [0.15, 0.2) is 0 Å². The maximum atomic E-state index is 5.89. The number of aromatic nitrogens is 2. The van der Waals surface area contributed by atoms with Gasteiger partial charge in [-0.25, -0.2) is 9.97 Å². The molecule has 0 aliphatic rings. The molecule has 1 aromatic heterocycles. The number of aryl methyl sites for hydroxylation is 1. The molecule has 2 aromatic rings. The van der Waals surface area contributed by atoms with Crippen molar-refractivity contribution in [1.29, 1.82) is 0 Å². The average molecular weight is 335 g/mol. The van der Waals surface area contributed by atoms with Crippen molar-refractivity contribution in [2.45, 2.75) is 19.8 Å².